The van der Waals surface area contributed by atoms with E-state index in [0.717, 1.165) is 19.1 Å². The van der Waals surface area contributed by atoms with Crippen LogP contribution in [0.4, 0.5) is 11.4 Å². The van der Waals surface area contributed by atoms with Crippen molar-refractivity contribution in [3.63, 3.8) is 0 Å². The van der Waals surface area contributed by atoms with E-state index < -0.39 is 4.92 Å². The molecule has 114 valence electrons. The summed E-state index contributed by atoms with van der Waals surface area (Å²) >= 11 is 0. The number of anilines is 1. The van der Waals surface area contributed by atoms with Gasteiger partial charge in [-0.15, -0.1) is 0 Å². The first-order chi connectivity index (χ1) is 10.1. The van der Waals surface area contributed by atoms with Crippen LogP contribution in [-0.2, 0) is 4.79 Å². The number of aldehydes is 1. The largest absolute Gasteiger partial charge is 0.493 e. The highest BCUT2D eigenvalue weighted by Gasteiger charge is 2.27. The molecule has 0 N–H and O–H groups in total. The molecule has 1 saturated heterocycles. The number of hydrogen-bond acceptors (Lipinski definition) is 6. The first kappa shape index (κ1) is 15.1. The van der Waals surface area contributed by atoms with Gasteiger partial charge in [0.1, 0.15) is 12.0 Å². The lowest BCUT2D eigenvalue weighted by atomic mass is 9.99. The van der Waals surface area contributed by atoms with E-state index in [1.165, 1.54) is 20.3 Å². The average Bonchev–Trinajstić information content (AvgIpc) is 2.53. The van der Waals surface area contributed by atoms with Crippen LogP contribution in [0, 0.1) is 16.0 Å². The van der Waals surface area contributed by atoms with E-state index >= 15 is 0 Å². The Morgan fingerprint density at radius 2 is 2.00 bits per heavy atom. The zero-order valence-corrected chi connectivity index (χ0v) is 12.1. The van der Waals surface area contributed by atoms with E-state index in [1.54, 1.807) is 6.07 Å². The summed E-state index contributed by atoms with van der Waals surface area (Å²) in [6.45, 7) is 1.17. The van der Waals surface area contributed by atoms with E-state index in [9.17, 15) is 14.9 Å². The highest BCUT2D eigenvalue weighted by molar-refractivity contribution is 5.70. The van der Waals surface area contributed by atoms with Gasteiger partial charge in [-0.25, -0.2) is 0 Å². The highest BCUT2D eigenvalue weighted by atomic mass is 16.6. The topological polar surface area (TPSA) is 81.9 Å². The van der Waals surface area contributed by atoms with Crippen LogP contribution in [0.5, 0.6) is 11.5 Å². The number of carbonyl (C=O) groups is 1. The maximum Gasteiger partial charge on any atom is 0.296 e. The van der Waals surface area contributed by atoms with Gasteiger partial charge in [0, 0.05) is 25.1 Å². The van der Waals surface area contributed by atoms with Crippen molar-refractivity contribution in [3.05, 3.63) is 22.2 Å². The van der Waals surface area contributed by atoms with Crippen molar-refractivity contribution >= 4 is 17.7 Å². The number of hydrogen-bond donors (Lipinski definition) is 0. The molecule has 7 nitrogen and oxygen atoms in total. The summed E-state index contributed by atoms with van der Waals surface area (Å²) in [5.41, 5.74) is 0.420. The van der Waals surface area contributed by atoms with Gasteiger partial charge in [0.2, 0.25) is 0 Å². The van der Waals surface area contributed by atoms with Gasteiger partial charge in [0.25, 0.3) is 5.69 Å². The van der Waals surface area contributed by atoms with Crippen molar-refractivity contribution in [3.8, 4) is 11.5 Å². The molecular formula is C14H18N2O5. The zero-order valence-electron chi connectivity index (χ0n) is 12.1. The number of ether oxygens (including phenoxy) is 2. The smallest absolute Gasteiger partial charge is 0.296 e. The number of nitro groups is 1. The quantitative estimate of drug-likeness (QED) is 0.469. The third-order valence-corrected chi connectivity index (χ3v) is 3.67. The van der Waals surface area contributed by atoms with Gasteiger partial charge in [-0.3, -0.25) is 10.1 Å². The number of rotatable bonds is 5. The predicted octanol–water partition coefficient (Wildman–Crippen LogP) is 2.03. The summed E-state index contributed by atoms with van der Waals surface area (Å²) in [4.78, 5) is 23.7. The van der Waals surface area contributed by atoms with Gasteiger partial charge >= 0.3 is 0 Å². The van der Waals surface area contributed by atoms with Crippen molar-refractivity contribution in [1.82, 2.24) is 0 Å². The Bertz CT molecular complexity index is 546. The third-order valence-electron chi connectivity index (χ3n) is 3.67. The summed E-state index contributed by atoms with van der Waals surface area (Å²) in [6.07, 6.45) is 2.56. The molecule has 1 heterocycles. The van der Waals surface area contributed by atoms with Crippen molar-refractivity contribution in [1.29, 1.82) is 0 Å². The van der Waals surface area contributed by atoms with E-state index in [4.69, 9.17) is 9.47 Å². The SMILES string of the molecule is COc1cc(N2CCCC(C=O)C2)c([N+](=O)[O-])cc1OC. The van der Waals surface area contributed by atoms with E-state index in [1.807, 2.05) is 4.90 Å². The maximum atomic E-state index is 11.3. The molecule has 0 aliphatic carbocycles. The molecule has 1 aromatic rings. The molecule has 0 saturated carbocycles. The van der Waals surface area contributed by atoms with Crippen LogP contribution in [0.15, 0.2) is 12.1 Å². The molecule has 0 bridgehead atoms. The standard InChI is InChI=1S/C14H18N2O5/c1-20-13-6-11(12(16(18)19)7-14(13)21-2)15-5-3-4-10(8-15)9-17/h6-7,9-10H,3-5,8H2,1-2H3. The minimum atomic E-state index is -0.443. The van der Waals surface area contributed by atoms with Crippen LogP contribution in [0.2, 0.25) is 0 Å². The molecule has 1 unspecified atom stereocenters. The highest BCUT2D eigenvalue weighted by Crippen LogP contribution is 2.40. The summed E-state index contributed by atoms with van der Waals surface area (Å²) < 4.78 is 10.3. The minimum Gasteiger partial charge on any atom is -0.493 e. The fourth-order valence-electron chi connectivity index (χ4n) is 2.60. The van der Waals surface area contributed by atoms with Crippen LogP contribution in [0.3, 0.4) is 0 Å². The van der Waals surface area contributed by atoms with Gasteiger partial charge in [0.15, 0.2) is 11.5 Å². The van der Waals surface area contributed by atoms with Crippen LogP contribution < -0.4 is 14.4 Å². The molecule has 0 amide bonds. The Hall–Kier alpha value is -2.31. The van der Waals surface area contributed by atoms with Crippen molar-refractivity contribution < 1.29 is 19.2 Å². The molecule has 0 aromatic heterocycles. The monoisotopic (exact) mass is 294 g/mol. The Labute approximate surface area is 122 Å². The maximum absolute atomic E-state index is 11.3. The number of benzene rings is 1. The van der Waals surface area contributed by atoms with Gasteiger partial charge in [0.05, 0.1) is 25.2 Å². The Balaban J connectivity index is 2.45. The molecule has 1 fully saturated rings. The minimum absolute atomic E-state index is 0.0424. The summed E-state index contributed by atoms with van der Waals surface area (Å²) in [5, 5.41) is 11.3. The number of carbonyl (C=O) groups excluding carboxylic acids is 1. The predicted molar refractivity (Wildman–Crippen MR) is 77.2 cm³/mol. The van der Waals surface area contributed by atoms with Crippen LogP contribution >= 0.6 is 0 Å². The van der Waals surface area contributed by atoms with Crippen molar-refractivity contribution in [2.75, 3.05) is 32.2 Å². The third kappa shape index (κ3) is 3.07. The second-order valence-electron chi connectivity index (χ2n) is 4.94. The molecule has 1 atom stereocenters. The average molecular weight is 294 g/mol. The lowest BCUT2D eigenvalue weighted by Crippen LogP contribution is -2.36. The zero-order chi connectivity index (χ0) is 15.4. The van der Waals surface area contributed by atoms with Gasteiger partial charge in [-0.05, 0) is 12.8 Å². The van der Waals surface area contributed by atoms with Crippen LogP contribution in [0.25, 0.3) is 0 Å². The van der Waals surface area contributed by atoms with Crippen molar-refractivity contribution in [2.45, 2.75) is 12.8 Å². The van der Waals surface area contributed by atoms with Gasteiger partial charge < -0.3 is 19.2 Å². The lowest BCUT2D eigenvalue weighted by molar-refractivity contribution is -0.384. The summed E-state index contributed by atoms with van der Waals surface area (Å²) in [6, 6.07) is 2.96. The van der Waals surface area contributed by atoms with Crippen LogP contribution in [-0.4, -0.2) is 38.5 Å². The molecule has 0 radical (unpaired) electrons. The fourth-order valence-corrected chi connectivity index (χ4v) is 2.60. The fraction of sp³-hybridized carbons (Fsp3) is 0.500. The molecule has 21 heavy (non-hydrogen) atoms. The molecule has 1 aliphatic rings. The first-order valence-electron chi connectivity index (χ1n) is 6.71. The Morgan fingerprint density at radius 1 is 1.33 bits per heavy atom. The molecular weight excluding hydrogens is 276 g/mol. The number of piperidine rings is 1. The van der Waals surface area contributed by atoms with Gasteiger partial charge in [-0.2, -0.15) is 0 Å². The number of nitrogens with zero attached hydrogens (tertiary/aromatic N) is 2. The number of methoxy groups -OCH3 is 2. The van der Waals surface area contributed by atoms with E-state index in [-0.39, 0.29) is 11.6 Å². The molecule has 7 heteroatoms. The molecule has 2 rings (SSSR count). The van der Waals surface area contributed by atoms with Crippen molar-refractivity contribution in [2.24, 2.45) is 5.92 Å². The summed E-state index contributed by atoms with van der Waals surface area (Å²) in [5.74, 6) is 0.662. The number of nitro benzene ring substituents is 1. The molecule has 1 aromatic carbocycles. The molecule has 0 spiro atoms. The Kier molecular flexibility index (Phi) is 4.62. The molecule has 1 aliphatic heterocycles. The lowest BCUT2D eigenvalue weighted by Gasteiger charge is -2.32. The van der Waals surface area contributed by atoms with Gasteiger partial charge in [-0.1, -0.05) is 0 Å². The summed E-state index contributed by atoms with van der Waals surface area (Å²) in [7, 11) is 2.92. The van der Waals surface area contributed by atoms with E-state index in [2.05, 4.69) is 0 Å². The van der Waals surface area contributed by atoms with Crippen LogP contribution in [0.1, 0.15) is 12.8 Å². The second kappa shape index (κ2) is 6.43. The normalized spacial score (nSPS) is 18.2. The van der Waals surface area contributed by atoms with E-state index in [0.29, 0.717) is 30.3 Å². The Morgan fingerprint density at radius 3 is 2.57 bits per heavy atom. The first-order valence-corrected chi connectivity index (χ1v) is 6.71. The second-order valence-corrected chi connectivity index (χ2v) is 4.94.